The van der Waals surface area contributed by atoms with Gasteiger partial charge >= 0.3 is 6.18 Å². The molecule has 1 radical (unpaired) electrons. The molecule has 2 rings (SSSR count). The molecular weight excluding hydrogens is 367 g/mol. The van der Waals surface area contributed by atoms with Gasteiger partial charge in [0.25, 0.3) is 11.6 Å². The first kappa shape index (κ1) is 19.6. The normalized spacial score (nSPS) is 12.1. The number of nitrogens with zero attached hydrogens (tertiary/aromatic N) is 2. The summed E-state index contributed by atoms with van der Waals surface area (Å²) in [4.78, 5) is 33.5. The number of benzene rings is 2. The van der Waals surface area contributed by atoms with E-state index in [9.17, 15) is 38.1 Å². The molecule has 27 heavy (non-hydrogen) atoms. The first-order chi connectivity index (χ1) is 12.6. The number of carbonyl (C=O) groups is 2. The van der Waals surface area contributed by atoms with Crippen LogP contribution in [0.25, 0.3) is 0 Å². The molecule has 7 nitrogen and oxygen atoms in total. The number of amides is 1. The first-order valence-electron chi connectivity index (χ1n) is 7.21. The number of nitriles is 1. The molecule has 0 fully saturated rings. The second-order valence-electron chi connectivity index (χ2n) is 5.36. The standard InChI is InChI=1S/C17H9F3N3O4/c18-17(19,20)11-5-6-12(14(7-11)23(26)27)13(8-21)15(24)9-1-3-10(4-2-9)16(22)25/h1-7,13,22H. The van der Waals surface area contributed by atoms with Gasteiger partial charge in [0.2, 0.25) is 0 Å². The molecule has 0 bridgehead atoms. The maximum absolute atomic E-state index is 12.8. The second kappa shape index (κ2) is 7.25. The number of hydrogen-bond donors (Lipinski definition) is 0. The van der Waals surface area contributed by atoms with E-state index in [1.807, 2.05) is 0 Å². The van der Waals surface area contributed by atoms with E-state index >= 15 is 0 Å². The highest BCUT2D eigenvalue weighted by atomic mass is 19.4. The van der Waals surface area contributed by atoms with Gasteiger partial charge in [-0.2, -0.15) is 18.4 Å². The summed E-state index contributed by atoms with van der Waals surface area (Å²) in [5.41, 5.74) is 4.11. The highest BCUT2D eigenvalue weighted by Gasteiger charge is 2.35. The Morgan fingerprint density at radius 2 is 1.67 bits per heavy atom. The second-order valence-corrected chi connectivity index (χ2v) is 5.36. The Balaban J connectivity index is 2.50. The zero-order chi connectivity index (χ0) is 20.4. The Bertz CT molecular complexity index is 963. The minimum Gasteiger partial charge on any atom is -0.292 e. The van der Waals surface area contributed by atoms with E-state index in [0.29, 0.717) is 6.07 Å². The average molecular weight is 376 g/mol. The molecule has 0 aliphatic heterocycles. The molecule has 0 aliphatic rings. The van der Waals surface area contributed by atoms with Crippen molar-refractivity contribution in [1.29, 1.82) is 5.26 Å². The zero-order valence-electron chi connectivity index (χ0n) is 13.3. The van der Waals surface area contributed by atoms with Crippen LogP contribution in [0.4, 0.5) is 18.9 Å². The molecular formula is C17H9F3N3O4. The fraction of sp³-hybridized carbons (Fsp3) is 0.118. The lowest BCUT2D eigenvalue weighted by atomic mass is 9.89. The smallest absolute Gasteiger partial charge is 0.292 e. The van der Waals surface area contributed by atoms with Crippen LogP contribution < -0.4 is 5.73 Å². The number of ketones is 1. The van der Waals surface area contributed by atoms with E-state index in [1.54, 1.807) is 6.07 Å². The van der Waals surface area contributed by atoms with Gasteiger partial charge in [0.05, 0.1) is 22.1 Å². The molecule has 0 spiro atoms. The number of nitro groups is 1. The van der Waals surface area contributed by atoms with Gasteiger partial charge in [-0.15, -0.1) is 0 Å². The molecule has 0 saturated heterocycles. The molecule has 2 aromatic rings. The quantitative estimate of drug-likeness (QED) is 0.448. The molecule has 2 aromatic carbocycles. The average Bonchev–Trinajstić information content (AvgIpc) is 2.61. The summed E-state index contributed by atoms with van der Waals surface area (Å²) in [5, 5.41) is 20.4. The van der Waals surface area contributed by atoms with Gasteiger partial charge < -0.3 is 0 Å². The number of hydrogen-bond acceptors (Lipinski definition) is 5. The van der Waals surface area contributed by atoms with Crippen molar-refractivity contribution in [2.24, 2.45) is 0 Å². The van der Waals surface area contributed by atoms with E-state index in [2.05, 4.69) is 0 Å². The van der Waals surface area contributed by atoms with Crippen molar-refractivity contribution in [2.75, 3.05) is 0 Å². The van der Waals surface area contributed by atoms with Crippen LogP contribution in [0.3, 0.4) is 0 Å². The van der Waals surface area contributed by atoms with Gasteiger partial charge in [0, 0.05) is 17.2 Å². The van der Waals surface area contributed by atoms with Crippen LogP contribution >= 0.6 is 0 Å². The Labute approximate surface area is 150 Å². The van der Waals surface area contributed by atoms with Gasteiger partial charge in [0.1, 0.15) is 5.92 Å². The Kier molecular flexibility index (Phi) is 5.26. The Morgan fingerprint density at radius 1 is 1.11 bits per heavy atom. The van der Waals surface area contributed by atoms with Crippen molar-refractivity contribution in [3.63, 3.8) is 0 Å². The maximum atomic E-state index is 12.8. The SMILES string of the molecule is N#CC(C(=O)c1ccc(C([NH])=O)cc1)c1ccc(C(F)(F)F)cc1[N+](=O)[O-]. The molecule has 1 unspecified atom stereocenters. The van der Waals surface area contributed by atoms with Gasteiger partial charge in [-0.1, -0.05) is 12.1 Å². The van der Waals surface area contributed by atoms with Crippen LogP contribution in [-0.2, 0) is 6.18 Å². The van der Waals surface area contributed by atoms with Crippen LogP contribution in [0.15, 0.2) is 42.5 Å². The van der Waals surface area contributed by atoms with Crippen LogP contribution in [0, 0.1) is 21.4 Å². The fourth-order valence-corrected chi connectivity index (χ4v) is 2.34. The van der Waals surface area contributed by atoms with E-state index < -0.39 is 45.5 Å². The third kappa shape index (κ3) is 4.09. The van der Waals surface area contributed by atoms with Crippen LogP contribution in [0.1, 0.15) is 37.8 Å². The highest BCUT2D eigenvalue weighted by molar-refractivity contribution is 6.04. The summed E-state index contributed by atoms with van der Waals surface area (Å²) in [6.45, 7) is 0. The van der Waals surface area contributed by atoms with Gasteiger partial charge in [-0.25, -0.2) is 0 Å². The number of nitro benzene ring substituents is 1. The van der Waals surface area contributed by atoms with Gasteiger partial charge in [-0.3, -0.25) is 25.4 Å². The zero-order valence-corrected chi connectivity index (χ0v) is 13.3. The molecule has 1 amide bonds. The summed E-state index contributed by atoms with van der Waals surface area (Å²) in [6, 6.07) is 7.77. The van der Waals surface area contributed by atoms with Crippen molar-refractivity contribution in [1.82, 2.24) is 5.73 Å². The van der Waals surface area contributed by atoms with Crippen LogP contribution in [-0.4, -0.2) is 16.6 Å². The Hall–Kier alpha value is -3.74. The summed E-state index contributed by atoms with van der Waals surface area (Å²) in [7, 11) is 0. The summed E-state index contributed by atoms with van der Waals surface area (Å²) in [6.07, 6.45) is -4.83. The van der Waals surface area contributed by atoms with Crippen molar-refractivity contribution in [3.05, 3.63) is 74.8 Å². The van der Waals surface area contributed by atoms with Crippen LogP contribution in [0.5, 0.6) is 0 Å². The summed E-state index contributed by atoms with van der Waals surface area (Å²) < 4.78 is 38.3. The minimum absolute atomic E-state index is 0.0134. The maximum Gasteiger partial charge on any atom is 0.416 e. The van der Waals surface area contributed by atoms with E-state index in [4.69, 9.17) is 5.73 Å². The lowest BCUT2D eigenvalue weighted by molar-refractivity contribution is -0.385. The molecule has 1 atom stereocenters. The molecule has 0 aromatic heterocycles. The third-order valence-electron chi connectivity index (χ3n) is 3.69. The Morgan fingerprint density at radius 3 is 2.11 bits per heavy atom. The number of rotatable bonds is 5. The highest BCUT2D eigenvalue weighted by Crippen LogP contribution is 2.36. The number of alkyl halides is 3. The number of carbonyl (C=O) groups excluding carboxylic acids is 2. The minimum atomic E-state index is -4.83. The molecule has 0 heterocycles. The van der Waals surface area contributed by atoms with Crippen molar-refractivity contribution in [2.45, 2.75) is 12.1 Å². The van der Waals surface area contributed by atoms with Crippen molar-refractivity contribution < 1.29 is 27.7 Å². The molecule has 10 heteroatoms. The topological polar surface area (TPSA) is 125 Å². The molecule has 1 N–H and O–H groups in total. The number of nitrogens with one attached hydrogen (secondary N) is 1. The van der Waals surface area contributed by atoms with Crippen molar-refractivity contribution in [3.8, 4) is 6.07 Å². The van der Waals surface area contributed by atoms with E-state index in [1.165, 1.54) is 0 Å². The van der Waals surface area contributed by atoms with Crippen LogP contribution in [0.2, 0.25) is 0 Å². The summed E-state index contributed by atoms with van der Waals surface area (Å²) in [5.74, 6) is -3.60. The first-order valence-corrected chi connectivity index (χ1v) is 7.21. The van der Waals surface area contributed by atoms with E-state index in [0.717, 1.165) is 30.3 Å². The molecule has 0 saturated carbocycles. The number of Topliss-reactive ketones (excluding diaryl/α,β-unsaturated/α-hetero) is 1. The van der Waals surface area contributed by atoms with Gasteiger partial charge in [-0.05, 0) is 24.3 Å². The molecule has 137 valence electrons. The fourth-order valence-electron chi connectivity index (χ4n) is 2.34. The lowest BCUT2D eigenvalue weighted by Crippen LogP contribution is -2.15. The predicted octanol–water partition coefficient (Wildman–Crippen LogP) is 3.53. The van der Waals surface area contributed by atoms with Crippen molar-refractivity contribution >= 4 is 17.4 Å². The van der Waals surface area contributed by atoms with E-state index in [-0.39, 0.29) is 17.2 Å². The third-order valence-corrected chi connectivity index (χ3v) is 3.69. The lowest BCUT2D eigenvalue weighted by Gasteiger charge is -2.12. The van der Waals surface area contributed by atoms with Gasteiger partial charge in [0.15, 0.2) is 5.78 Å². The summed E-state index contributed by atoms with van der Waals surface area (Å²) >= 11 is 0. The predicted molar refractivity (Wildman–Crippen MR) is 84.7 cm³/mol. The monoisotopic (exact) mass is 376 g/mol. The number of halogens is 3. The largest absolute Gasteiger partial charge is 0.416 e. The molecule has 0 aliphatic carbocycles.